The lowest BCUT2D eigenvalue weighted by Crippen LogP contribution is -2.10. The monoisotopic (exact) mass is 713 g/mol. The first kappa shape index (κ1) is 32.2. The lowest BCUT2D eigenvalue weighted by atomic mass is 9.87. The smallest absolute Gasteiger partial charge is 0.165 e. The number of nitrogens with zero attached hydrogens (tertiary/aromatic N) is 5. The van der Waals surface area contributed by atoms with Crippen molar-refractivity contribution in [2.45, 2.75) is 26.2 Å². The predicted molar refractivity (Wildman–Crippen MR) is 225 cm³/mol. The predicted octanol–water partition coefficient (Wildman–Crippen LogP) is 12.7. The molecule has 54 heavy (non-hydrogen) atoms. The zero-order chi connectivity index (χ0) is 36.4. The number of benzene rings is 6. The third-order valence-electron chi connectivity index (χ3n) is 10.3. The molecule has 0 fully saturated rings. The van der Waals surface area contributed by atoms with Crippen LogP contribution in [0, 0.1) is 0 Å². The number of aromatic nitrogens is 5. The van der Waals surface area contributed by atoms with Crippen molar-refractivity contribution in [1.29, 1.82) is 0 Å². The molecule has 258 valence electrons. The first-order valence-corrected chi connectivity index (χ1v) is 19.0. The molecule has 0 aliphatic heterocycles. The van der Waals surface area contributed by atoms with Crippen molar-refractivity contribution < 1.29 is 0 Å². The van der Waals surface area contributed by atoms with Crippen molar-refractivity contribution in [2.24, 2.45) is 0 Å². The molecule has 0 spiro atoms. The number of hydrogen-bond acceptors (Lipinski definition) is 5. The van der Waals surface area contributed by atoms with Gasteiger partial charge in [0.2, 0.25) is 0 Å². The molecule has 0 saturated carbocycles. The number of rotatable bonds is 5. The van der Waals surface area contributed by atoms with Crippen LogP contribution in [0.2, 0.25) is 0 Å². The van der Waals surface area contributed by atoms with Crippen LogP contribution in [0.15, 0.2) is 158 Å². The Morgan fingerprint density at radius 1 is 0.481 bits per heavy atom. The summed E-state index contributed by atoms with van der Waals surface area (Å²) in [5.41, 5.74) is 9.58. The summed E-state index contributed by atoms with van der Waals surface area (Å²) >= 11 is 1.86. The largest absolute Gasteiger partial charge is 0.308 e. The average molecular weight is 714 g/mol. The van der Waals surface area contributed by atoms with E-state index in [9.17, 15) is 0 Å². The zero-order valence-electron chi connectivity index (χ0n) is 30.2. The van der Waals surface area contributed by atoms with E-state index in [2.05, 4.69) is 141 Å². The second-order valence-electron chi connectivity index (χ2n) is 14.8. The maximum Gasteiger partial charge on any atom is 0.165 e. The highest BCUT2D eigenvalue weighted by atomic mass is 32.1. The van der Waals surface area contributed by atoms with E-state index >= 15 is 0 Å². The molecule has 0 bridgehead atoms. The molecule has 0 radical (unpaired) electrons. The molecule has 10 rings (SSSR count). The minimum Gasteiger partial charge on any atom is -0.308 e. The summed E-state index contributed by atoms with van der Waals surface area (Å²) in [5, 5.41) is 4.98. The molecule has 6 heteroatoms. The Morgan fingerprint density at radius 3 is 1.89 bits per heavy atom. The Kier molecular flexibility index (Phi) is 7.49. The van der Waals surface area contributed by atoms with Gasteiger partial charge in [0.15, 0.2) is 17.5 Å². The molecule has 0 aliphatic rings. The molecule has 5 nitrogen and oxygen atoms in total. The van der Waals surface area contributed by atoms with E-state index in [0.717, 1.165) is 33.4 Å². The minimum absolute atomic E-state index is 0.0453. The van der Waals surface area contributed by atoms with E-state index in [0.29, 0.717) is 17.5 Å². The van der Waals surface area contributed by atoms with Gasteiger partial charge in [-0.3, -0.25) is 4.98 Å². The average Bonchev–Trinajstić information content (AvgIpc) is 3.76. The van der Waals surface area contributed by atoms with Gasteiger partial charge in [-0.1, -0.05) is 142 Å². The van der Waals surface area contributed by atoms with Gasteiger partial charge in [0.05, 0.1) is 22.9 Å². The molecule has 6 aromatic carbocycles. The second-order valence-corrected chi connectivity index (χ2v) is 15.8. The van der Waals surface area contributed by atoms with Crippen molar-refractivity contribution in [3.63, 3.8) is 0 Å². The number of hydrogen-bond donors (Lipinski definition) is 0. The third kappa shape index (κ3) is 5.46. The topological polar surface area (TPSA) is 56.5 Å². The maximum absolute atomic E-state index is 5.07. The molecule has 10 aromatic rings. The van der Waals surface area contributed by atoms with Crippen LogP contribution in [0.25, 0.3) is 93.0 Å². The molecule has 0 amide bonds. The molecule has 4 aromatic heterocycles. The first-order chi connectivity index (χ1) is 26.4. The van der Waals surface area contributed by atoms with E-state index < -0.39 is 0 Å². The van der Waals surface area contributed by atoms with Crippen LogP contribution in [-0.4, -0.2) is 24.5 Å². The van der Waals surface area contributed by atoms with Crippen LogP contribution in [-0.2, 0) is 5.41 Å². The van der Waals surface area contributed by atoms with Crippen LogP contribution < -0.4 is 0 Å². The summed E-state index contributed by atoms with van der Waals surface area (Å²) in [7, 11) is 0. The number of fused-ring (bicyclic) bond motifs is 6. The molecule has 4 heterocycles. The van der Waals surface area contributed by atoms with E-state index in [1.54, 1.807) is 0 Å². The molecule has 0 saturated heterocycles. The SMILES string of the molecule is CC(C)(C)c1ccc(-c2nc(-c3ccccc3)nc(-c3cncc(-n4c5ccccc5c5ccc(-c6cccc7c6sc6ccccc67)cc54)c3)n2)cc1. The van der Waals surface area contributed by atoms with Crippen LogP contribution in [0.5, 0.6) is 0 Å². The van der Waals surface area contributed by atoms with Gasteiger partial charge in [-0.25, -0.2) is 15.0 Å². The zero-order valence-corrected chi connectivity index (χ0v) is 31.0. The lowest BCUT2D eigenvalue weighted by Gasteiger charge is -2.19. The number of pyridine rings is 1. The molecule has 0 unspecified atom stereocenters. The van der Waals surface area contributed by atoms with E-state index in [-0.39, 0.29) is 5.41 Å². The van der Waals surface area contributed by atoms with Gasteiger partial charge in [0.1, 0.15) is 0 Å². The van der Waals surface area contributed by atoms with Crippen molar-refractivity contribution in [1.82, 2.24) is 24.5 Å². The van der Waals surface area contributed by atoms with Gasteiger partial charge in [-0.05, 0) is 46.4 Å². The number of thiophene rings is 1. The third-order valence-corrected chi connectivity index (χ3v) is 11.5. The van der Waals surface area contributed by atoms with Crippen LogP contribution in [0.1, 0.15) is 26.3 Å². The van der Waals surface area contributed by atoms with Gasteiger partial charge in [0.25, 0.3) is 0 Å². The summed E-state index contributed by atoms with van der Waals surface area (Å²) in [4.78, 5) is 19.9. The van der Waals surface area contributed by atoms with Gasteiger partial charge in [-0.15, -0.1) is 11.3 Å². The highest BCUT2D eigenvalue weighted by Gasteiger charge is 2.19. The Balaban J connectivity index is 1.14. The van der Waals surface area contributed by atoms with E-state index in [1.165, 1.54) is 47.6 Å². The van der Waals surface area contributed by atoms with Crippen molar-refractivity contribution in [3.05, 3.63) is 164 Å². The van der Waals surface area contributed by atoms with Crippen LogP contribution in [0.3, 0.4) is 0 Å². The molecular formula is C48H35N5S. The van der Waals surface area contributed by atoms with Gasteiger partial charge >= 0.3 is 0 Å². The van der Waals surface area contributed by atoms with Crippen LogP contribution >= 0.6 is 11.3 Å². The van der Waals surface area contributed by atoms with Crippen molar-refractivity contribution >= 4 is 53.3 Å². The van der Waals surface area contributed by atoms with Crippen LogP contribution in [0.4, 0.5) is 0 Å². The summed E-state index contributed by atoms with van der Waals surface area (Å²) in [6, 6.07) is 51.6. The second kappa shape index (κ2) is 12.6. The fourth-order valence-corrected chi connectivity index (χ4v) is 8.77. The molecular weight excluding hydrogens is 679 g/mol. The van der Waals surface area contributed by atoms with E-state index in [1.807, 2.05) is 54.1 Å². The molecule has 0 aliphatic carbocycles. The van der Waals surface area contributed by atoms with Crippen molar-refractivity contribution in [3.8, 4) is 51.0 Å². The Morgan fingerprint density at radius 2 is 1.11 bits per heavy atom. The Hall–Kier alpha value is -6.50. The summed E-state index contributed by atoms with van der Waals surface area (Å²) < 4.78 is 4.93. The lowest BCUT2D eigenvalue weighted by molar-refractivity contribution is 0.590. The summed E-state index contributed by atoms with van der Waals surface area (Å²) in [6.45, 7) is 6.67. The summed E-state index contributed by atoms with van der Waals surface area (Å²) in [5.74, 6) is 1.82. The molecule has 0 atom stereocenters. The normalized spacial score (nSPS) is 12.0. The van der Waals surface area contributed by atoms with Gasteiger partial charge in [-0.2, -0.15) is 0 Å². The summed E-state index contributed by atoms with van der Waals surface area (Å²) in [6.07, 6.45) is 3.78. The minimum atomic E-state index is 0.0453. The fourth-order valence-electron chi connectivity index (χ4n) is 7.53. The Labute approximate surface area is 317 Å². The molecule has 0 N–H and O–H groups in total. The maximum atomic E-state index is 5.07. The highest BCUT2D eigenvalue weighted by Crippen LogP contribution is 2.42. The first-order valence-electron chi connectivity index (χ1n) is 18.2. The van der Waals surface area contributed by atoms with Crippen molar-refractivity contribution in [2.75, 3.05) is 0 Å². The quantitative estimate of drug-likeness (QED) is 0.178. The van der Waals surface area contributed by atoms with Gasteiger partial charge < -0.3 is 4.57 Å². The van der Waals surface area contributed by atoms with E-state index in [4.69, 9.17) is 19.9 Å². The Bertz CT molecular complexity index is 3020. The fraction of sp³-hybridized carbons (Fsp3) is 0.0833. The number of para-hydroxylation sites is 1. The standard InChI is InChI=1S/C48H35N5S/c1-48(2,3)34-23-20-31(21-24-34)46-50-45(30-12-5-4-6-13-30)51-47(52-46)33-26-35(29-49-28-33)53-41-18-9-7-14-37(41)38-25-22-32(27-42(38)53)36-16-11-17-40-39-15-8-10-19-43(39)54-44(36)40/h4-29H,1-3H3. The highest BCUT2D eigenvalue weighted by molar-refractivity contribution is 7.26. The van der Waals surface area contributed by atoms with Gasteiger partial charge in [0, 0.05) is 53.8 Å².